The fraction of sp³-hybridized carbons (Fsp3) is 0.273. The number of aromatic nitrogens is 1. The third-order valence-electron chi connectivity index (χ3n) is 4.50. The number of rotatable bonds is 9. The summed E-state index contributed by atoms with van der Waals surface area (Å²) in [4.78, 5) is 24.0. The Kier molecular flexibility index (Phi) is 7.19. The van der Waals surface area contributed by atoms with Gasteiger partial charge in [-0.25, -0.2) is 0 Å². The molecular formula is C22H24ClN3O4. The number of fused-ring (bicyclic) bond motifs is 1. The molecule has 0 fully saturated rings. The molecule has 1 heterocycles. The summed E-state index contributed by atoms with van der Waals surface area (Å²) in [7, 11) is 1.53. The minimum absolute atomic E-state index is 0.0882. The van der Waals surface area contributed by atoms with Crippen molar-refractivity contribution in [3.63, 3.8) is 0 Å². The third kappa shape index (κ3) is 5.45. The first-order chi connectivity index (χ1) is 14.5. The van der Waals surface area contributed by atoms with Crippen molar-refractivity contribution >= 4 is 34.3 Å². The highest BCUT2D eigenvalue weighted by Crippen LogP contribution is 2.28. The molecule has 158 valence electrons. The molecule has 3 rings (SSSR count). The van der Waals surface area contributed by atoms with Gasteiger partial charge in [-0.15, -0.1) is 0 Å². The van der Waals surface area contributed by atoms with E-state index in [-0.39, 0.29) is 25.0 Å². The van der Waals surface area contributed by atoms with Gasteiger partial charge >= 0.3 is 0 Å². The quantitative estimate of drug-likeness (QED) is 0.547. The number of likely N-dealkylation sites (N-methyl/N-ethyl adjacent to an activating group) is 1. The second kappa shape index (κ2) is 10.0. The Morgan fingerprint density at radius 2 is 1.87 bits per heavy atom. The predicted octanol–water partition coefficient (Wildman–Crippen LogP) is 3.13. The number of nitrogens with zero attached hydrogens (tertiary/aromatic N) is 1. The van der Waals surface area contributed by atoms with E-state index in [0.29, 0.717) is 29.6 Å². The lowest BCUT2D eigenvalue weighted by Gasteiger charge is -2.13. The Hall–Kier alpha value is -3.19. The predicted molar refractivity (Wildman–Crippen MR) is 116 cm³/mol. The van der Waals surface area contributed by atoms with Gasteiger partial charge in [0, 0.05) is 29.8 Å². The number of methoxy groups -OCH3 is 1. The lowest BCUT2D eigenvalue weighted by molar-refractivity contribution is -0.123. The highest BCUT2D eigenvalue weighted by Gasteiger charge is 2.10. The van der Waals surface area contributed by atoms with Crippen molar-refractivity contribution in [2.45, 2.75) is 20.0 Å². The minimum Gasteiger partial charge on any atom is -0.493 e. The number of carbonyl (C=O) groups excluding carboxylic acids is 2. The van der Waals surface area contributed by atoms with Crippen LogP contribution in [-0.4, -0.2) is 36.6 Å². The fourth-order valence-electron chi connectivity index (χ4n) is 3.04. The molecule has 2 amide bonds. The van der Waals surface area contributed by atoms with E-state index in [0.717, 1.165) is 16.5 Å². The summed E-state index contributed by atoms with van der Waals surface area (Å²) in [6, 6.07) is 12.9. The van der Waals surface area contributed by atoms with Gasteiger partial charge in [-0.3, -0.25) is 9.59 Å². The first kappa shape index (κ1) is 21.5. The number of amides is 2. The largest absolute Gasteiger partial charge is 0.493 e. The number of halogens is 1. The number of benzene rings is 2. The number of hydrogen-bond donors (Lipinski definition) is 2. The van der Waals surface area contributed by atoms with Gasteiger partial charge in [0.05, 0.1) is 7.11 Å². The lowest BCUT2D eigenvalue weighted by Crippen LogP contribution is -2.28. The maximum Gasteiger partial charge on any atom is 0.257 e. The Morgan fingerprint density at radius 3 is 2.63 bits per heavy atom. The number of nitrogens with one attached hydrogen (secondary N) is 2. The summed E-state index contributed by atoms with van der Waals surface area (Å²) in [5.41, 5.74) is 1.76. The smallest absolute Gasteiger partial charge is 0.257 e. The zero-order valence-electron chi connectivity index (χ0n) is 16.9. The van der Waals surface area contributed by atoms with E-state index >= 15 is 0 Å². The van der Waals surface area contributed by atoms with E-state index in [4.69, 9.17) is 21.1 Å². The third-order valence-corrected chi connectivity index (χ3v) is 4.74. The maximum absolute atomic E-state index is 12.4. The fourth-order valence-corrected chi connectivity index (χ4v) is 3.21. The van der Waals surface area contributed by atoms with Crippen LogP contribution in [0, 0.1) is 0 Å². The van der Waals surface area contributed by atoms with Crippen molar-refractivity contribution in [3.05, 3.63) is 59.2 Å². The van der Waals surface area contributed by atoms with Crippen LogP contribution in [0.2, 0.25) is 5.02 Å². The topological polar surface area (TPSA) is 81.6 Å². The standard InChI is InChI=1S/C22H24ClN3O4/c1-3-24-22(28)14-30-19-7-4-15(10-20(19)29-2)12-25-21(27)13-26-9-8-16-5-6-17(23)11-18(16)26/h4-11H,3,12-14H2,1-2H3,(H,24,28)(H,25,27). The van der Waals surface area contributed by atoms with Gasteiger partial charge in [-0.1, -0.05) is 23.7 Å². The second-order valence-electron chi connectivity index (χ2n) is 6.65. The zero-order valence-corrected chi connectivity index (χ0v) is 17.7. The van der Waals surface area contributed by atoms with Crippen LogP contribution < -0.4 is 20.1 Å². The molecule has 0 atom stereocenters. The second-order valence-corrected chi connectivity index (χ2v) is 7.09. The molecule has 0 unspecified atom stereocenters. The molecule has 0 aliphatic heterocycles. The molecule has 1 aromatic heterocycles. The van der Waals surface area contributed by atoms with E-state index in [9.17, 15) is 9.59 Å². The van der Waals surface area contributed by atoms with Gasteiger partial charge in [0.2, 0.25) is 5.91 Å². The van der Waals surface area contributed by atoms with Crippen molar-refractivity contribution in [1.29, 1.82) is 0 Å². The first-order valence-electron chi connectivity index (χ1n) is 9.57. The Labute approximate surface area is 179 Å². The van der Waals surface area contributed by atoms with Crippen LogP contribution in [0.3, 0.4) is 0 Å². The van der Waals surface area contributed by atoms with Gasteiger partial charge in [-0.2, -0.15) is 0 Å². The van der Waals surface area contributed by atoms with Crippen molar-refractivity contribution < 1.29 is 19.1 Å². The van der Waals surface area contributed by atoms with E-state index in [2.05, 4.69) is 10.6 Å². The van der Waals surface area contributed by atoms with Crippen LogP contribution in [0.25, 0.3) is 10.9 Å². The SMILES string of the molecule is CCNC(=O)COc1ccc(CNC(=O)Cn2ccc3ccc(Cl)cc32)cc1OC. The summed E-state index contributed by atoms with van der Waals surface area (Å²) in [5, 5.41) is 7.23. The Morgan fingerprint density at radius 1 is 1.03 bits per heavy atom. The molecule has 30 heavy (non-hydrogen) atoms. The Balaban J connectivity index is 1.58. The van der Waals surface area contributed by atoms with Crippen molar-refractivity contribution in [2.24, 2.45) is 0 Å². The number of carbonyl (C=O) groups is 2. The minimum atomic E-state index is -0.199. The molecule has 0 radical (unpaired) electrons. The molecule has 0 bridgehead atoms. The highest BCUT2D eigenvalue weighted by atomic mass is 35.5. The van der Waals surface area contributed by atoms with Gasteiger partial charge in [0.1, 0.15) is 6.54 Å². The number of hydrogen-bond acceptors (Lipinski definition) is 4. The average molecular weight is 430 g/mol. The summed E-state index contributed by atoms with van der Waals surface area (Å²) < 4.78 is 12.7. The van der Waals surface area contributed by atoms with Gasteiger partial charge in [0.15, 0.2) is 18.1 Å². The van der Waals surface area contributed by atoms with Gasteiger partial charge in [-0.05, 0) is 48.2 Å². The van der Waals surface area contributed by atoms with E-state index in [1.807, 2.05) is 48.0 Å². The van der Waals surface area contributed by atoms with Gasteiger partial charge in [0.25, 0.3) is 5.91 Å². The van der Waals surface area contributed by atoms with Crippen LogP contribution in [0.4, 0.5) is 0 Å². The summed E-state index contributed by atoms with van der Waals surface area (Å²) in [6.07, 6.45) is 1.87. The molecule has 0 saturated heterocycles. The van der Waals surface area contributed by atoms with Crippen molar-refractivity contribution in [2.75, 3.05) is 20.3 Å². The first-order valence-corrected chi connectivity index (χ1v) is 9.95. The van der Waals surface area contributed by atoms with E-state index < -0.39 is 0 Å². The van der Waals surface area contributed by atoms with Crippen LogP contribution in [-0.2, 0) is 22.7 Å². The summed E-state index contributed by atoms with van der Waals surface area (Å²) in [5.74, 6) is 0.643. The van der Waals surface area contributed by atoms with Crippen molar-refractivity contribution in [3.8, 4) is 11.5 Å². The molecule has 2 N–H and O–H groups in total. The van der Waals surface area contributed by atoms with Crippen LogP contribution in [0.5, 0.6) is 11.5 Å². The van der Waals surface area contributed by atoms with Crippen LogP contribution in [0.15, 0.2) is 48.7 Å². The lowest BCUT2D eigenvalue weighted by atomic mass is 10.2. The molecule has 0 aliphatic rings. The molecule has 2 aromatic carbocycles. The molecule has 8 heteroatoms. The van der Waals surface area contributed by atoms with Crippen LogP contribution in [0.1, 0.15) is 12.5 Å². The van der Waals surface area contributed by atoms with Crippen LogP contribution >= 0.6 is 11.6 Å². The zero-order chi connectivity index (χ0) is 21.5. The van der Waals surface area contributed by atoms with Gasteiger partial charge < -0.3 is 24.7 Å². The molecule has 3 aromatic rings. The highest BCUT2D eigenvalue weighted by molar-refractivity contribution is 6.31. The molecule has 0 saturated carbocycles. The van der Waals surface area contributed by atoms with E-state index in [1.54, 1.807) is 12.1 Å². The maximum atomic E-state index is 12.4. The molecule has 7 nitrogen and oxygen atoms in total. The summed E-state index contributed by atoms with van der Waals surface area (Å²) in [6.45, 7) is 2.83. The Bertz CT molecular complexity index is 1050. The molecule has 0 spiro atoms. The monoisotopic (exact) mass is 429 g/mol. The van der Waals surface area contributed by atoms with E-state index in [1.165, 1.54) is 7.11 Å². The number of ether oxygens (including phenoxy) is 2. The molecular weight excluding hydrogens is 406 g/mol. The normalized spacial score (nSPS) is 10.6. The summed E-state index contributed by atoms with van der Waals surface area (Å²) >= 11 is 6.06. The average Bonchev–Trinajstić information content (AvgIpc) is 3.13. The van der Waals surface area contributed by atoms with Crippen molar-refractivity contribution in [1.82, 2.24) is 15.2 Å². The molecule has 0 aliphatic carbocycles.